The predicted molar refractivity (Wildman–Crippen MR) is 89.8 cm³/mol. The van der Waals surface area contributed by atoms with Crippen LogP contribution in [0.1, 0.15) is 38.1 Å². The SMILES string of the molecule is CC(=O)ON1[C@@H](c2ccc(F)cc2)N=C(c2ccccc2)C1(C)C. The molecule has 0 amide bonds. The number of halogens is 1. The quantitative estimate of drug-likeness (QED) is 0.859. The number of carbonyl (C=O) groups excluding carboxylic acids is 1. The molecule has 0 aliphatic carbocycles. The molecule has 24 heavy (non-hydrogen) atoms. The molecule has 124 valence electrons. The summed E-state index contributed by atoms with van der Waals surface area (Å²) in [6.45, 7) is 5.26. The second-order valence-corrected chi connectivity index (χ2v) is 6.24. The van der Waals surface area contributed by atoms with Crippen LogP contribution in [0, 0.1) is 5.82 Å². The Balaban J connectivity index is 2.08. The van der Waals surface area contributed by atoms with E-state index in [1.54, 1.807) is 17.2 Å². The van der Waals surface area contributed by atoms with E-state index in [1.807, 2.05) is 44.2 Å². The maximum atomic E-state index is 13.2. The Morgan fingerprint density at radius 3 is 2.33 bits per heavy atom. The highest BCUT2D eigenvalue weighted by molar-refractivity contribution is 6.08. The summed E-state index contributed by atoms with van der Waals surface area (Å²) in [6.07, 6.45) is -0.514. The highest BCUT2D eigenvalue weighted by Crippen LogP contribution is 2.39. The van der Waals surface area contributed by atoms with Crippen molar-refractivity contribution >= 4 is 11.7 Å². The van der Waals surface area contributed by atoms with E-state index in [0.29, 0.717) is 0 Å². The van der Waals surface area contributed by atoms with Gasteiger partial charge in [0.05, 0.1) is 11.3 Å². The van der Waals surface area contributed by atoms with Gasteiger partial charge in [0, 0.05) is 6.92 Å². The first-order valence-electron chi connectivity index (χ1n) is 7.76. The van der Waals surface area contributed by atoms with E-state index in [2.05, 4.69) is 0 Å². The average Bonchev–Trinajstić information content (AvgIpc) is 2.80. The van der Waals surface area contributed by atoms with E-state index in [9.17, 15) is 9.18 Å². The molecule has 2 aromatic carbocycles. The molecule has 0 unspecified atom stereocenters. The van der Waals surface area contributed by atoms with Crippen LogP contribution in [0.4, 0.5) is 4.39 Å². The molecule has 0 N–H and O–H groups in total. The van der Waals surface area contributed by atoms with Crippen molar-refractivity contribution in [2.75, 3.05) is 0 Å². The fourth-order valence-electron chi connectivity index (χ4n) is 2.91. The molecular formula is C19H19FN2O2. The van der Waals surface area contributed by atoms with Gasteiger partial charge < -0.3 is 4.84 Å². The molecule has 3 rings (SSSR count). The number of benzene rings is 2. The fourth-order valence-corrected chi connectivity index (χ4v) is 2.91. The molecule has 5 heteroatoms. The Morgan fingerprint density at radius 2 is 1.75 bits per heavy atom. The van der Waals surface area contributed by atoms with Crippen LogP contribution >= 0.6 is 0 Å². The zero-order chi connectivity index (χ0) is 17.3. The minimum Gasteiger partial charge on any atom is -0.365 e. The summed E-state index contributed by atoms with van der Waals surface area (Å²) in [5, 5.41) is 1.57. The number of hydrogen-bond acceptors (Lipinski definition) is 4. The molecule has 2 aromatic rings. The van der Waals surface area contributed by atoms with Crippen molar-refractivity contribution in [2.24, 2.45) is 4.99 Å². The van der Waals surface area contributed by atoms with Gasteiger partial charge in [-0.05, 0) is 37.1 Å². The number of aliphatic imine (C=N–C) groups is 1. The summed E-state index contributed by atoms with van der Waals surface area (Å²) in [6, 6.07) is 15.8. The lowest BCUT2D eigenvalue weighted by Gasteiger charge is -2.33. The van der Waals surface area contributed by atoms with Crippen LogP contribution in [0.25, 0.3) is 0 Å². The van der Waals surface area contributed by atoms with Gasteiger partial charge in [-0.1, -0.05) is 47.5 Å². The smallest absolute Gasteiger partial charge is 0.322 e. The Bertz CT molecular complexity index is 770. The Kier molecular flexibility index (Phi) is 4.20. The normalized spacial score (nSPS) is 19.8. The van der Waals surface area contributed by atoms with E-state index >= 15 is 0 Å². The van der Waals surface area contributed by atoms with Crippen LogP contribution < -0.4 is 0 Å². The van der Waals surface area contributed by atoms with Gasteiger partial charge in [0.2, 0.25) is 0 Å². The third kappa shape index (κ3) is 2.95. The highest BCUT2D eigenvalue weighted by atomic mass is 19.1. The fraction of sp³-hybridized carbons (Fsp3) is 0.263. The zero-order valence-corrected chi connectivity index (χ0v) is 13.9. The monoisotopic (exact) mass is 326 g/mol. The molecule has 0 aromatic heterocycles. The van der Waals surface area contributed by atoms with Crippen LogP contribution in [-0.2, 0) is 9.63 Å². The van der Waals surface area contributed by atoms with Crippen molar-refractivity contribution in [2.45, 2.75) is 32.5 Å². The van der Waals surface area contributed by atoms with Crippen molar-refractivity contribution in [1.82, 2.24) is 5.06 Å². The molecule has 0 bridgehead atoms. The van der Waals surface area contributed by atoms with Crippen LogP contribution in [0.5, 0.6) is 0 Å². The third-order valence-electron chi connectivity index (χ3n) is 4.05. The Hall–Kier alpha value is -2.53. The lowest BCUT2D eigenvalue weighted by molar-refractivity contribution is -0.214. The van der Waals surface area contributed by atoms with E-state index in [4.69, 9.17) is 9.83 Å². The number of hydroxylamine groups is 2. The van der Waals surface area contributed by atoms with Gasteiger partial charge in [0.1, 0.15) is 5.82 Å². The van der Waals surface area contributed by atoms with Crippen LogP contribution in [0.3, 0.4) is 0 Å². The first kappa shape index (κ1) is 16.3. The predicted octanol–water partition coefficient (Wildman–Crippen LogP) is 3.89. The van der Waals surface area contributed by atoms with Gasteiger partial charge in [0.25, 0.3) is 0 Å². The highest BCUT2D eigenvalue weighted by Gasteiger charge is 2.46. The van der Waals surface area contributed by atoms with Crippen LogP contribution in [0.2, 0.25) is 0 Å². The van der Waals surface area contributed by atoms with Crippen molar-refractivity contribution in [3.05, 3.63) is 71.5 Å². The van der Waals surface area contributed by atoms with Crippen LogP contribution in [0.15, 0.2) is 59.6 Å². The standard InChI is InChI=1S/C19H19FN2O2/c1-13(23)24-22-18(15-9-11-16(20)12-10-15)21-17(19(22,2)3)14-7-5-4-6-8-14/h4-12,18H,1-3H3/t18-/m0/s1. The first-order chi connectivity index (χ1) is 11.4. The van der Waals surface area contributed by atoms with E-state index in [1.165, 1.54) is 19.1 Å². The van der Waals surface area contributed by atoms with E-state index in [0.717, 1.165) is 16.8 Å². The maximum Gasteiger partial charge on any atom is 0.322 e. The molecule has 0 spiro atoms. The summed E-state index contributed by atoms with van der Waals surface area (Å²) in [5.74, 6) is -0.734. The lowest BCUT2D eigenvalue weighted by atomic mass is 9.93. The molecule has 0 saturated heterocycles. The molecule has 0 saturated carbocycles. The van der Waals surface area contributed by atoms with Crippen LogP contribution in [-0.4, -0.2) is 22.3 Å². The van der Waals surface area contributed by atoms with Crippen molar-refractivity contribution < 1.29 is 14.0 Å². The summed E-state index contributed by atoms with van der Waals surface area (Å²) < 4.78 is 13.2. The summed E-state index contributed by atoms with van der Waals surface area (Å²) >= 11 is 0. The topological polar surface area (TPSA) is 41.9 Å². The third-order valence-corrected chi connectivity index (χ3v) is 4.05. The van der Waals surface area contributed by atoms with Crippen molar-refractivity contribution in [3.8, 4) is 0 Å². The molecule has 1 aliphatic rings. The molecule has 0 fully saturated rings. The van der Waals surface area contributed by atoms with Gasteiger partial charge in [0.15, 0.2) is 6.17 Å². The molecule has 1 aliphatic heterocycles. The van der Waals surface area contributed by atoms with Gasteiger partial charge in [-0.2, -0.15) is 0 Å². The van der Waals surface area contributed by atoms with E-state index in [-0.39, 0.29) is 5.82 Å². The van der Waals surface area contributed by atoms with E-state index < -0.39 is 17.7 Å². The summed E-state index contributed by atoms with van der Waals surface area (Å²) in [7, 11) is 0. The minimum atomic E-state index is -0.619. The number of nitrogens with zero attached hydrogens (tertiary/aromatic N) is 2. The second kappa shape index (κ2) is 6.17. The first-order valence-corrected chi connectivity index (χ1v) is 7.76. The summed E-state index contributed by atoms with van der Waals surface area (Å²) in [4.78, 5) is 21.8. The zero-order valence-electron chi connectivity index (χ0n) is 13.9. The second-order valence-electron chi connectivity index (χ2n) is 6.24. The molecule has 1 heterocycles. The van der Waals surface area contributed by atoms with Gasteiger partial charge in [-0.3, -0.25) is 9.79 Å². The number of hydrogen-bond donors (Lipinski definition) is 0. The lowest BCUT2D eigenvalue weighted by Crippen LogP contribution is -2.47. The van der Waals surface area contributed by atoms with Gasteiger partial charge >= 0.3 is 5.97 Å². The summed E-state index contributed by atoms with van der Waals surface area (Å²) in [5.41, 5.74) is 1.92. The number of carbonyl (C=O) groups is 1. The van der Waals surface area contributed by atoms with Crippen molar-refractivity contribution in [3.63, 3.8) is 0 Å². The maximum absolute atomic E-state index is 13.2. The molecule has 1 atom stereocenters. The minimum absolute atomic E-state index is 0.317. The number of rotatable bonds is 3. The van der Waals surface area contributed by atoms with Crippen molar-refractivity contribution in [1.29, 1.82) is 0 Å². The van der Waals surface area contributed by atoms with Gasteiger partial charge in [-0.25, -0.2) is 4.39 Å². The Morgan fingerprint density at radius 1 is 1.12 bits per heavy atom. The average molecular weight is 326 g/mol. The molecule has 0 radical (unpaired) electrons. The Labute approximate surface area is 140 Å². The van der Waals surface area contributed by atoms with Gasteiger partial charge in [-0.15, -0.1) is 0 Å². The largest absolute Gasteiger partial charge is 0.365 e. The molecular weight excluding hydrogens is 307 g/mol. The molecule has 4 nitrogen and oxygen atoms in total.